The molecule has 11 nitrogen and oxygen atoms in total. The molecule has 3 rings (SSSR count). The maximum Gasteiger partial charge on any atom is 1.00 e. The third-order valence-electron chi connectivity index (χ3n) is 5.34. The molecule has 3 atom stereocenters. The molecule has 0 radical (unpaired) electrons. The fraction of sp³-hybridized carbons (Fsp3) is 0.385. The summed E-state index contributed by atoms with van der Waals surface area (Å²) in [6, 6.07) is 15.4. The van der Waals surface area contributed by atoms with Gasteiger partial charge in [-0.15, -0.1) is 11.8 Å². The van der Waals surface area contributed by atoms with Gasteiger partial charge in [-0.25, -0.2) is 0 Å². The minimum atomic E-state index is -1.90. The molecular weight excluding hydrogens is 539 g/mol. The number of aliphatic hydroxyl groups excluding tert-OH is 1. The van der Waals surface area contributed by atoms with Crippen molar-refractivity contribution in [2.75, 3.05) is 39.2 Å². The molecule has 0 spiro atoms. The van der Waals surface area contributed by atoms with E-state index < -0.39 is 36.5 Å². The first-order chi connectivity index (χ1) is 17.9. The maximum absolute atomic E-state index is 13.6. The number of carbonyl (C=O) groups excluding carboxylic acids is 3. The monoisotopic (exact) mass is 570 g/mol. The normalized spacial score (nSPS) is 17.0. The predicted molar refractivity (Wildman–Crippen MR) is 138 cm³/mol. The number of hydrogen-bond donors (Lipinski definition) is 2. The minimum Gasteiger partial charge on any atom is -0.547 e. The van der Waals surface area contributed by atoms with E-state index in [4.69, 9.17) is 19.7 Å². The zero-order chi connectivity index (χ0) is 28.4. The van der Waals surface area contributed by atoms with Crippen LogP contribution in [0.5, 0.6) is 5.75 Å². The van der Waals surface area contributed by atoms with Crippen molar-refractivity contribution in [3.63, 3.8) is 0 Å². The van der Waals surface area contributed by atoms with Crippen LogP contribution in [0.4, 0.5) is 5.69 Å². The molecule has 1 aliphatic heterocycles. The van der Waals surface area contributed by atoms with Crippen LogP contribution in [-0.4, -0.2) is 85.4 Å². The molecule has 13 heteroatoms. The molecule has 2 aromatic carbocycles. The number of anilines is 1. The van der Waals surface area contributed by atoms with Gasteiger partial charge in [0.1, 0.15) is 11.9 Å². The molecule has 0 aliphatic carbocycles. The van der Waals surface area contributed by atoms with E-state index in [0.29, 0.717) is 13.1 Å². The molecule has 1 heterocycles. The number of thioether (sulfide) groups is 1. The number of ether oxygens (including phenoxy) is 2. The van der Waals surface area contributed by atoms with Crippen LogP contribution < -0.4 is 44.3 Å². The summed E-state index contributed by atoms with van der Waals surface area (Å²) >= 11 is 1.54. The van der Waals surface area contributed by atoms with Crippen molar-refractivity contribution in [3.05, 3.63) is 54.1 Å². The van der Waals surface area contributed by atoms with Crippen molar-refractivity contribution in [1.82, 2.24) is 4.90 Å². The molecule has 0 saturated carbocycles. The number of carboxylic acid groups (broad SMARTS) is 2. The molecule has 1 amide bonds. The van der Waals surface area contributed by atoms with Crippen LogP contribution in [0.2, 0.25) is 0 Å². The average Bonchev–Trinajstić information content (AvgIpc) is 2.97. The van der Waals surface area contributed by atoms with E-state index in [-0.39, 0.29) is 40.7 Å². The molecule has 206 valence electrons. The van der Waals surface area contributed by atoms with Gasteiger partial charge in [0.2, 0.25) is 0 Å². The van der Waals surface area contributed by atoms with E-state index >= 15 is 0 Å². The number of aliphatic carboxylic acids is 2. The standard InChI is InChI=1S/C22H26N2O4S.C4H6O5.Na/c1-15(25)28-20-21(16-9-11-17(27-4)12-10-16)29-19-8-6-5-7-18(19)24(22(20)26)14-13-23(2)3;5-2(4(8)9)1-3(6)7;/h5-12,20-21H,13-14H2,1-4H3;2,5H,1H2,(H,6,7)(H,8,9);/q;;+1/p-1/t20-,21+;;/m1../s1. The van der Waals surface area contributed by atoms with Gasteiger partial charge >= 0.3 is 41.5 Å². The van der Waals surface area contributed by atoms with Crippen LogP contribution in [0, 0.1) is 0 Å². The Morgan fingerprint density at radius 3 is 2.23 bits per heavy atom. The van der Waals surface area contributed by atoms with Crippen LogP contribution >= 0.6 is 11.8 Å². The van der Waals surface area contributed by atoms with Crippen molar-refractivity contribution in [2.45, 2.75) is 35.7 Å². The van der Waals surface area contributed by atoms with Crippen LogP contribution in [0.15, 0.2) is 53.4 Å². The Morgan fingerprint density at radius 2 is 1.74 bits per heavy atom. The largest absolute Gasteiger partial charge is 1.00 e. The van der Waals surface area contributed by atoms with Crippen LogP contribution in [0.3, 0.4) is 0 Å². The van der Waals surface area contributed by atoms with Crippen molar-refractivity contribution in [3.8, 4) is 5.75 Å². The molecule has 39 heavy (non-hydrogen) atoms. The van der Waals surface area contributed by atoms with Gasteiger partial charge in [-0.3, -0.25) is 14.4 Å². The second-order valence-electron chi connectivity index (χ2n) is 8.54. The number of carboxylic acids is 2. The number of likely N-dealkylation sites (N-methyl/N-ethyl adjacent to an activating group) is 1. The smallest absolute Gasteiger partial charge is 0.547 e. The summed E-state index contributed by atoms with van der Waals surface area (Å²) in [6.45, 7) is 2.55. The minimum absolute atomic E-state index is 0. The fourth-order valence-corrected chi connectivity index (χ4v) is 4.81. The Bertz CT molecular complexity index is 1130. The van der Waals surface area contributed by atoms with E-state index in [1.807, 2.05) is 67.5 Å². The first kappa shape index (κ1) is 34.4. The molecule has 2 N–H and O–H groups in total. The topological polar surface area (TPSA) is 157 Å². The Hall–Kier alpha value is -2.61. The number of benzene rings is 2. The summed E-state index contributed by atoms with van der Waals surface area (Å²) in [5, 5.41) is 25.4. The molecule has 1 aliphatic rings. The quantitative estimate of drug-likeness (QED) is 0.253. The van der Waals surface area contributed by atoms with Gasteiger partial charge < -0.3 is 39.4 Å². The predicted octanol–water partition coefficient (Wildman–Crippen LogP) is -2.06. The number of rotatable bonds is 9. The van der Waals surface area contributed by atoms with Gasteiger partial charge in [0.25, 0.3) is 5.91 Å². The second-order valence-corrected chi connectivity index (χ2v) is 9.72. The summed E-state index contributed by atoms with van der Waals surface area (Å²) < 4.78 is 10.8. The summed E-state index contributed by atoms with van der Waals surface area (Å²) in [5.41, 5.74) is 1.75. The third kappa shape index (κ3) is 10.5. The van der Waals surface area contributed by atoms with Crippen molar-refractivity contribution in [1.29, 1.82) is 0 Å². The number of aliphatic hydroxyl groups is 1. The van der Waals surface area contributed by atoms with Crippen molar-refractivity contribution >= 4 is 41.3 Å². The zero-order valence-corrected chi connectivity index (χ0v) is 25.3. The Labute approximate surface area is 253 Å². The number of methoxy groups -OCH3 is 1. The van der Waals surface area contributed by atoms with Crippen molar-refractivity contribution in [2.24, 2.45) is 0 Å². The SMILES string of the molecule is COc1ccc([C@@H]2Sc3ccccc3N(CCN(C)C)C(=O)[C@@H]2OC(C)=O)cc1.O=C(O)CC(O)C(=O)[O-].[Na+]. The second kappa shape index (κ2) is 16.5. The first-order valence-electron chi connectivity index (χ1n) is 11.6. The Kier molecular flexibility index (Phi) is 14.5. The molecule has 2 aromatic rings. The number of carbonyl (C=O) groups is 4. The van der Waals surface area contributed by atoms with Crippen LogP contribution in [0.1, 0.15) is 24.2 Å². The summed E-state index contributed by atoms with van der Waals surface area (Å²) in [7, 11) is 5.54. The van der Waals surface area contributed by atoms with E-state index in [0.717, 1.165) is 21.9 Å². The maximum atomic E-state index is 13.6. The molecular formula is C26H31N2NaO9S. The van der Waals surface area contributed by atoms with Crippen LogP contribution in [-0.2, 0) is 23.9 Å². The van der Waals surface area contributed by atoms with Gasteiger partial charge in [0.05, 0.1) is 30.4 Å². The third-order valence-corrected chi connectivity index (χ3v) is 6.71. The Balaban J connectivity index is 0.000000656. The number of amides is 1. The summed E-state index contributed by atoms with van der Waals surface area (Å²) in [6.07, 6.45) is -3.63. The number of hydrogen-bond acceptors (Lipinski definition) is 10. The molecule has 0 aromatic heterocycles. The molecule has 0 fully saturated rings. The number of nitrogens with zero attached hydrogens (tertiary/aromatic N) is 2. The summed E-state index contributed by atoms with van der Waals surface area (Å²) in [4.78, 5) is 49.4. The number of fused-ring (bicyclic) bond motifs is 1. The van der Waals surface area contributed by atoms with Gasteiger partial charge in [0.15, 0.2) is 6.10 Å². The molecule has 1 unspecified atom stereocenters. The Morgan fingerprint density at radius 1 is 1.13 bits per heavy atom. The first-order valence-corrected chi connectivity index (χ1v) is 12.5. The average molecular weight is 571 g/mol. The van der Waals surface area contributed by atoms with Gasteiger partial charge in [0, 0.05) is 24.9 Å². The molecule has 0 saturated heterocycles. The van der Waals surface area contributed by atoms with Gasteiger partial charge in [-0.1, -0.05) is 24.3 Å². The van der Waals surface area contributed by atoms with E-state index in [1.54, 1.807) is 23.8 Å². The van der Waals surface area contributed by atoms with E-state index in [9.17, 15) is 24.3 Å². The number of para-hydroxylation sites is 1. The zero-order valence-electron chi connectivity index (χ0n) is 22.5. The fourth-order valence-electron chi connectivity index (χ4n) is 3.49. The van der Waals surface area contributed by atoms with Crippen molar-refractivity contribution < 1.29 is 73.5 Å². The van der Waals surface area contributed by atoms with Gasteiger partial charge in [-0.05, 0) is 43.9 Å². The van der Waals surface area contributed by atoms with E-state index in [1.165, 1.54) is 6.92 Å². The molecule has 0 bridgehead atoms. The summed E-state index contributed by atoms with van der Waals surface area (Å²) in [5.74, 6) is -3.08. The van der Waals surface area contributed by atoms with Crippen LogP contribution in [0.25, 0.3) is 0 Å². The number of esters is 1. The van der Waals surface area contributed by atoms with E-state index in [2.05, 4.69) is 0 Å². The van der Waals surface area contributed by atoms with Gasteiger partial charge in [-0.2, -0.15) is 0 Å².